The van der Waals surface area contributed by atoms with Gasteiger partial charge in [0, 0.05) is 48.7 Å². The summed E-state index contributed by atoms with van der Waals surface area (Å²) in [7, 11) is 0. The summed E-state index contributed by atoms with van der Waals surface area (Å²) in [6, 6.07) is 64.9. The number of aromatic nitrogens is 4. The van der Waals surface area contributed by atoms with Crippen LogP contribution in [0.15, 0.2) is 186 Å². The van der Waals surface area contributed by atoms with Gasteiger partial charge in [-0.1, -0.05) is 121 Å². The van der Waals surface area contributed by atoms with Gasteiger partial charge in [0.05, 0.1) is 39.0 Å². The van der Waals surface area contributed by atoms with E-state index >= 15 is 0 Å². The van der Waals surface area contributed by atoms with Gasteiger partial charge >= 0.3 is 0 Å². The first kappa shape index (κ1) is 30.6. The largest absolute Gasteiger partial charge is 0.456 e. The summed E-state index contributed by atoms with van der Waals surface area (Å²) in [5.74, 6) is 0.625. The third-order valence-electron chi connectivity index (χ3n) is 11.9. The van der Waals surface area contributed by atoms with E-state index in [1.165, 1.54) is 38.0 Å². The van der Waals surface area contributed by atoms with Crippen LogP contribution in [0, 0.1) is 0 Å². The Bertz CT molecular complexity index is 3830. The van der Waals surface area contributed by atoms with Gasteiger partial charge in [-0.3, -0.25) is 4.57 Å². The molecule has 0 amide bonds. The average molecular weight is 727 g/mol. The Morgan fingerprint density at radius 1 is 0.368 bits per heavy atom. The first-order chi connectivity index (χ1) is 28.3. The SMILES string of the molecule is c1ccc2cc3c(cc2c1)c1ccccc1n3-c1cccc2cc3c4ccccc4n(-c4nc(-c5cccc6oc7ccccc7c56)c5ccccc5n4)c3cc12. The van der Waals surface area contributed by atoms with Crippen LogP contribution in [0.4, 0.5) is 0 Å². The molecule has 0 aliphatic carbocycles. The second-order valence-electron chi connectivity index (χ2n) is 15.0. The van der Waals surface area contributed by atoms with E-state index in [4.69, 9.17) is 14.4 Å². The molecular weight excluding hydrogens is 697 g/mol. The first-order valence-electron chi connectivity index (χ1n) is 19.3. The number of benzene rings is 9. The lowest BCUT2D eigenvalue weighted by molar-refractivity contribution is 0.669. The third-order valence-corrected chi connectivity index (χ3v) is 11.9. The Labute approximate surface area is 325 Å². The van der Waals surface area contributed by atoms with Crippen molar-refractivity contribution in [2.24, 2.45) is 0 Å². The van der Waals surface area contributed by atoms with Crippen LogP contribution in [0.5, 0.6) is 0 Å². The first-order valence-corrected chi connectivity index (χ1v) is 19.3. The number of fused-ring (bicyclic) bond motifs is 12. The molecule has 0 radical (unpaired) electrons. The van der Waals surface area contributed by atoms with Crippen molar-refractivity contribution in [2.45, 2.75) is 0 Å². The molecule has 264 valence electrons. The predicted octanol–water partition coefficient (Wildman–Crippen LogP) is 13.7. The maximum atomic E-state index is 6.35. The van der Waals surface area contributed by atoms with Crippen molar-refractivity contribution in [3.05, 3.63) is 182 Å². The van der Waals surface area contributed by atoms with Crippen LogP contribution < -0.4 is 0 Å². The topological polar surface area (TPSA) is 48.8 Å². The number of hydrogen-bond acceptors (Lipinski definition) is 3. The lowest BCUT2D eigenvalue weighted by Crippen LogP contribution is -2.03. The number of para-hydroxylation sites is 4. The molecule has 0 bridgehead atoms. The molecule has 0 fully saturated rings. The van der Waals surface area contributed by atoms with Gasteiger partial charge in [0.1, 0.15) is 11.2 Å². The molecule has 0 saturated heterocycles. The number of furan rings is 1. The summed E-state index contributed by atoms with van der Waals surface area (Å²) in [6.45, 7) is 0. The monoisotopic (exact) mass is 726 g/mol. The summed E-state index contributed by atoms with van der Waals surface area (Å²) in [6.07, 6.45) is 0. The minimum atomic E-state index is 0.625. The van der Waals surface area contributed by atoms with Crippen molar-refractivity contribution in [3.63, 3.8) is 0 Å². The standard InChI is InChI=1S/C52H30N4O/c1-2-14-32-29-46-40(27-31(32)13-1)34-16-4-8-22-43(34)55(46)45-24-11-15-33-28-41-35-17-5-9-23-44(35)56(47(41)30-39(33)45)52-53-42-21-7-3-18-36(42)51(54-52)38-20-12-26-49-50(38)37-19-6-10-25-48(37)57-49/h1-30H. The Morgan fingerprint density at radius 2 is 0.965 bits per heavy atom. The highest BCUT2D eigenvalue weighted by atomic mass is 16.3. The predicted molar refractivity (Wildman–Crippen MR) is 236 cm³/mol. The summed E-state index contributed by atoms with van der Waals surface area (Å²) in [4.78, 5) is 10.8. The van der Waals surface area contributed by atoms with Gasteiger partial charge in [-0.05, 0) is 76.8 Å². The van der Waals surface area contributed by atoms with Crippen LogP contribution in [-0.2, 0) is 0 Å². The van der Waals surface area contributed by atoms with Crippen LogP contribution in [0.2, 0.25) is 0 Å². The molecular formula is C52H30N4O. The molecule has 13 rings (SSSR count). The van der Waals surface area contributed by atoms with Gasteiger partial charge in [-0.15, -0.1) is 0 Å². The fraction of sp³-hybridized carbons (Fsp3) is 0. The second-order valence-corrected chi connectivity index (χ2v) is 15.0. The second kappa shape index (κ2) is 11.4. The molecule has 0 unspecified atom stereocenters. The van der Waals surface area contributed by atoms with Gasteiger partial charge in [0.15, 0.2) is 0 Å². The highest BCUT2D eigenvalue weighted by molar-refractivity contribution is 6.18. The van der Waals surface area contributed by atoms with E-state index in [-0.39, 0.29) is 0 Å². The Morgan fingerprint density at radius 3 is 1.79 bits per heavy atom. The number of nitrogens with zero attached hydrogens (tertiary/aromatic N) is 4. The van der Waals surface area contributed by atoms with Crippen molar-refractivity contribution in [3.8, 4) is 22.9 Å². The lowest BCUT2D eigenvalue weighted by Gasteiger charge is -2.14. The highest BCUT2D eigenvalue weighted by Crippen LogP contribution is 2.42. The number of hydrogen-bond donors (Lipinski definition) is 0. The zero-order chi connectivity index (χ0) is 37.2. The fourth-order valence-electron chi connectivity index (χ4n) is 9.39. The zero-order valence-corrected chi connectivity index (χ0v) is 30.5. The lowest BCUT2D eigenvalue weighted by atomic mass is 10.0. The van der Waals surface area contributed by atoms with Crippen LogP contribution in [0.25, 0.3) is 121 Å². The maximum Gasteiger partial charge on any atom is 0.235 e. The molecule has 0 spiro atoms. The molecule has 5 nitrogen and oxygen atoms in total. The number of rotatable bonds is 3. The molecule has 4 heterocycles. The van der Waals surface area contributed by atoms with Crippen LogP contribution >= 0.6 is 0 Å². The van der Waals surface area contributed by atoms with Crippen LogP contribution in [0.1, 0.15) is 0 Å². The molecule has 57 heavy (non-hydrogen) atoms. The van der Waals surface area contributed by atoms with Crippen molar-refractivity contribution >= 4 is 98.0 Å². The normalized spacial score (nSPS) is 12.2. The van der Waals surface area contributed by atoms with Crippen molar-refractivity contribution in [1.82, 2.24) is 19.1 Å². The van der Waals surface area contributed by atoms with E-state index in [0.717, 1.165) is 77.0 Å². The maximum absolute atomic E-state index is 6.35. The summed E-state index contributed by atoms with van der Waals surface area (Å²) in [5, 5.41) is 12.7. The Kier molecular flexibility index (Phi) is 6.10. The molecule has 0 aliphatic heterocycles. The minimum absolute atomic E-state index is 0.625. The van der Waals surface area contributed by atoms with Crippen molar-refractivity contribution < 1.29 is 4.42 Å². The van der Waals surface area contributed by atoms with Crippen LogP contribution in [0.3, 0.4) is 0 Å². The van der Waals surface area contributed by atoms with Crippen molar-refractivity contribution in [1.29, 1.82) is 0 Å². The van der Waals surface area contributed by atoms with Crippen molar-refractivity contribution in [2.75, 3.05) is 0 Å². The molecule has 4 aromatic heterocycles. The summed E-state index contributed by atoms with van der Waals surface area (Å²) in [5.41, 5.74) is 10.1. The van der Waals surface area contributed by atoms with Gasteiger partial charge in [0.25, 0.3) is 0 Å². The summed E-state index contributed by atoms with van der Waals surface area (Å²) >= 11 is 0. The molecule has 13 aromatic rings. The van der Waals surface area contributed by atoms with Crippen LogP contribution in [-0.4, -0.2) is 19.1 Å². The minimum Gasteiger partial charge on any atom is -0.456 e. The molecule has 9 aromatic carbocycles. The smallest absolute Gasteiger partial charge is 0.235 e. The van der Waals surface area contributed by atoms with Gasteiger partial charge < -0.3 is 8.98 Å². The van der Waals surface area contributed by atoms with Gasteiger partial charge in [-0.25, -0.2) is 9.97 Å². The molecule has 5 heteroatoms. The highest BCUT2D eigenvalue weighted by Gasteiger charge is 2.22. The molecule has 0 atom stereocenters. The zero-order valence-electron chi connectivity index (χ0n) is 30.5. The molecule has 0 aliphatic rings. The Balaban J connectivity index is 1.13. The Hall–Kier alpha value is -7.76. The molecule has 0 N–H and O–H groups in total. The van der Waals surface area contributed by atoms with E-state index in [9.17, 15) is 0 Å². The summed E-state index contributed by atoms with van der Waals surface area (Å²) < 4.78 is 11.0. The average Bonchev–Trinajstić information content (AvgIpc) is 3.91. The van der Waals surface area contributed by atoms with E-state index in [1.807, 2.05) is 18.2 Å². The quantitative estimate of drug-likeness (QED) is 0.182. The van der Waals surface area contributed by atoms with Gasteiger partial charge in [0.2, 0.25) is 5.95 Å². The van der Waals surface area contributed by atoms with E-state index in [0.29, 0.717) is 5.95 Å². The third kappa shape index (κ3) is 4.28. The van der Waals surface area contributed by atoms with Gasteiger partial charge in [-0.2, -0.15) is 0 Å². The van der Waals surface area contributed by atoms with E-state index in [2.05, 4.69) is 173 Å². The van der Waals surface area contributed by atoms with E-state index < -0.39 is 0 Å². The van der Waals surface area contributed by atoms with E-state index in [1.54, 1.807) is 0 Å². The molecule has 0 saturated carbocycles. The fourth-order valence-corrected chi connectivity index (χ4v) is 9.39.